The van der Waals surface area contributed by atoms with Crippen LogP contribution in [0.4, 0.5) is 5.13 Å². The summed E-state index contributed by atoms with van der Waals surface area (Å²) in [6.07, 6.45) is 1.92. The molecule has 0 unspecified atom stereocenters. The molecular weight excluding hydrogens is 622 g/mol. The Balaban J connectivity index is 1.54. The maximum atomic E-state index is 13.6. The quantitative estimate of drug-likeness (QED) is 0.0421. The number of aliphatic hydroxyl groups excluding tert-OH is 1. The van der Waals surface area contributed by atoms with Gasteiger partial charge in [-0.3, -0.25) is 14.5 Å². The predicted octanol–water partition coefficient (Wildman–Crippen LogP) is 7.31. The second-order valence-electron chi connectivity index (χ2n) is 9.74. The fourth-order valence-electron chi connectivity index (χ4n) is 4.68. The molecule has 1 N–H and O–H groups in total. The average Bonchev–Trinajstić information content (AvgIpc) is 3.62. The Kier molecular flexibility index (Phi) is 10.1. The number of ketones is 1. The SMILES string of the molecule is CCCCOc1ccc(C(O)=C2C(=O)C(=O)N(c3nnc(SCc4ccccc4Cl)s3)[C@@H]2c2ccc(OC)c(OC)c2)cc1. The molecule has 2 heterocycles. The number of anilines is 1. The lowest BCUT2D eigenvalue weighted by molar-refractivity contribution is -0.132. The molecule has 1 aliphatic rings. The lowest BCUT2D eigenvalue weighted by Crippen LogP contribution is -2.29. The third kappa shape index (κ3) is 6.54. The van der Waals surface area contributed by atoms with E-state index < -0.39 is 17.7 Å². The second-order valence-corrected chi connectivity index (χ2v) is 12.3. The van der Waals surface area contributed by atoms with E-state index in [4.69, 9.17) is 25.8 Å². The van der Waals surface area contributed by atoms with Crippen LogP contribution in [0.1, 0.15) is 42.5 Å². The van der Waals surface area contributed by atoms with Gasteiger partial charge >= 0.3 is 5.91 Å². The largest absolute Gasteiger partial charge is 0.507 e. The first kappa shape index (κ1) is 31.4. The summed E-state index contributed by atoms with van der Waals surface area (Å²) >= 11 is 8.90. The number of aromatic nitrogens is 2. The summed E-state index contributed by atoms with van der Waals surface area (Å²) in [6.45, 7) is 2.66. The normalized spacial score (nSPS) is 15.9. The summed E-state index contributed by atoms with van der Waals surface area (Å²) in [5.41, 5.74) is 1.73. The number of carbonyl (C=O) groups is 2. The van der Waals surface area contributed by atoms with E-state index in [0.717, 1.165) is 18.4 Å². The zero-order valence-corrected chi connectivity index (χ0v) is 26.7. The van der Waals surface area contributed by atoms with Crippen molar-refractivity contribution in [2.75, 3.05) is 25.7 Å². The Morgan fingerprint density at radius 1 is 1.02 bits per heavy atom. The molecule has 1 amide bonds. The first-order valence-corrected chi connectivity index (χ1v) is 16.0. The standard InChI is InChI=1S/C32H30ClN3O6S2/c1-4-5-16-42-22-13-10-19(11-14-22)28(37)26-27(20-12-15-24(40-2)25(17-20)41-3)36(30(39)29(26)38)31-34-35-32(44-31)43-18-21-8-6-7-9-23(21)33/h6-15,17,27,37H,4-5,16,18H2,1-3H3/t27-/m1/s1. The maximum Gasteiger partial charge on any atom is 0.301 e. The van der Waals surface area contributed by atoms with Crippen LogP contribution < -0.4 is 19.1 Å². The van der Waals surface area contributed by atoms with Gasteiger partial charge in [0.2, 0.25) is 5.13 Å². The van der Waals surface area contributed by atoms with Gasteiger partial charge in [-0.25, -0.2) is 0 Å². The molecule has 1 aromatic heterocycles. The van der Waals surface area contributed by atoms with Gasteiger partial charge in [0.1, 0.15) is 11.5 Å². The van der Waals surface area contributed by atoms with Crippen molar-refractivity contribution in [3.8, 4) is 17.2 Å². The smallest absolute Gasteiger partial charge is 0.301 e. The Labute approximate surface area is 268 Å². The number of thioether (sulfide) groups is 1. The number of aliphatic hydroxyl groups is 1. The Bertz CT molecular complexity index is 1690. The summed E-state index contributed by atoms with van der Waals surface area (Å²) in [4.78, 5) is 28.5. The molecule has 228 valence electrons. The molecule has 44 heavy (non-hydrogen) atoms. The highest BCUT2D eigenvalue weighted by Gasteiger charge is 2.48. The molecule has 1 atom stereocenters. The topological polar surface area (TPSA) is 111 Å². The van der Waals surface area contributed by atoms with E-state index in [0.29, 0.717) is 50.1 Å². The fourth-order valence-corrected chi connectivity index (χ4v) is 6.83. The minimum atomic E-state index is -1.01. The van der Waals surface area contributed by atoms with Gasteiger partial charge in [-0.2, -0.15) is 0 Å². The second kappa shape index (κ2) is 14.1. The van der Waals surface area contributed by atoms with E-state index in [9.17, 15) is 14.7 Å². The zero-order valence-electron chi connectivity index (χ0n) is 24.3. The van der Waals surface area contributed by atoms with E-state index in [2.05, 4.69) is 17.1 Å². The number of nitrogens with zero attached hydrogens (tertiary/aromatic N) is 3. The zero-order chi connectivity index (χ0) is 31.2. The summed E-state index contributed by atoms with van der Waals surface area (Å²) < 4.78 is 17.2. The number of amides is 1. The number of hydrogen-bond acceptors (Lipinski definition) is 10. The number of rotatable bonds is 12. The summed E-state index contributed by atoms with van der Waals surface area (Å²) in [7, 11) is 3.01. The molecule has 0 aliphatic carbocycles. The van der Waals surface area contributed by atoms with Gasteiger partial charge < -0.3 is 19.3 Å². The number of methoxy groups -OCH3 is 2. The molecular formula is C32H30ClN3O6S2. The average molecular weight is 652 g/mol. The minimum Gasteiger partial charge on any atom is -0.507 e. The van der Waals surface area contributed by atoms with Gasteiger partial charge in [-0.05, 0) is 60.0 Å². The van der Waals surface area contributed by atoms with Crippen LogP contribution in [-0.4, -0.2) is 47.8 Å². The number of ether oxygens (including phenoxy) is 3. The van der Waals surface area contributed by atoms with Crippen molar-refractivity contribution in [2.45, 2.75) is 35.9 Å². The molecule has 1 saturated heterocycles. The van der Waals surface area contributed by atoms with Crippen molar-refractivity contribution in [3.63, 3.8) is 0 Å². The third-order valence-corrected chi connectivity index (χ3v) is 9.45. The molecule has 1 fully saturated rings. The number of Topliss-reactive ketones (excluding diaryl/α,β-unsaturated/α-hetero) is 1. The molecule has 1 aliphatic heterocycles. The highest BCUT2D eigenvalue weighted by Crippen LogP contribution is 2.45. The molecule has 5 rings (SSSR count). The van der Waals surface area contributed by atoms with Crippen LogP contribution in [0, 0.1) is 0 Å². The number of benzene rings is 3. The summed E-state index contributed by atoms with van der Waals surface area (Å²) in [6, 6.07) is 18.3. The lowest BCUT2D eigenvalue weighted by atomic mass is 9.95. The summed E-state index contributed by atoms with van der Waals surface area (Å²) in [5.74, 6) is 0.0741. The van der Waals surface area contributed by atoms with Crippen molar-refractivity contribution in [2.24, 2.45) is 0 Å². The Morgan fingerprint density at radius 2 is 1.77 bits per heavy atom. The molecule has 0 spiro atoms. The molecule has 0 radical (unpaired) electrons. The van der Waals surface area contributed by atoms with Gasteiger partial charge in [0.15, 0.2) is 15.8 Å². The van der Waals surface area contributed by atoms with Gasteiger partial charge in [0.05, 0.1) is 32.4 Å². The minimum absolute atomic E-state index is 0.0812. The Morgan fingerprint density at radius 3 is 2.48 bits per heavy atom. The fraction of sp³-hybridized carbons (Fsp3) is 0.250. The van der Waals surface area contributed by atoms with Crippen LogP contribution in [0.15, 0.2) is 76.6 Å². The first-order chi connectivity index (χ1) is 21.4. The van der Waals surface area contributed by atoms with Crippen LogP contribution in [-0.2, 0) is 15.3 Å². The van der Waals surface area contributed by atoms with Crippen LogP contribution >= 0.6 is 34.7 Å². The van der Waals surface area contributed by atoms with Crippen molar-refractivity contribution in [1.82, 2.24) is 10.2 Å². The monoisotopic (exact) mass is 651 g/mol. The number of carbonyl (C=O) groups excluding carboxylic acids is 2. The van der Waals surface area contributed by atoms with E-state index in [1.165, 1.54) is 42.2 Å². The van der Waals surface area contributed by atoms with Gasteiger partial charge in [-0.1, -0.05) is 72.3 Å². The number of halogens is 1. The van der Waals surface area contributed by atoms with Crippen molar-refractivity contribution in [3.05, 3.63) is 94.0 Å². The van der Waals surface area contributed by atoms with Gasteiger partial charge in [-0.15, -0.1) is 10.2 Å². The summed E-state index contributed by atoms with van der Waals surface area (Å²) in [5, 5.41) is 20.9. The van der Waals surface area contributed by atoms with E-state index in [1.54, 1.807) is 42.5 Å². The molecule has 3 aromatic carbocycles. The van der Waals surface area contributed by atoms with E-state index in [1.807, 2.05) is 24.3 Å². The van der Waals surface area contributed by atoms with Crippen LogP contribution in [0.25, 0.3) is 5.76 Å². The molecule has 0 saturated carbocycles. The predicted molar refractivity (Wildman–Crippen MR) is 172 cm³/mol. The van der Waals surface area contributed by atoms with Gasteiger partial charge in [0.25, 0.3) is 5.78 Å². The molecule has 9 nitrogen and oxygen atoms in total. The maximum absolute atomic E-state index is 13.6. The lowest BCUT2D eigenvalue weighted by Gasteiger charge is -2.23. The highest BCUT2D eigenvalue weighted by atomic mass is 35.5. The van der Waals surface area contributed by atoms with Crippen molar-refractivity contribution >= 4 is 57.3 Å². The Hall–Kier alpha value is -4.06. The molecule has 12 heteroatoms. The van der Waals surface area contributed by atoms with Gasteiger partial charge in [0, 0.05) is 16.3 Å². The number of hydrogen-bond donors (Lipinski definition) is 1. The van der Waals surface area contributed by atoms with Crippen LogP contribution in [0.2, 0.25) is 5.02 Å². The first-order valence-electron chi connectivity index (χ1n) is 13.8. The molecule has 4 aromatic rings. The van der Waals surface area contributed by atoms with Crippen molar-refractivity contribution in [1.29, 1.82) is 0 Å². The van der Waals surface area contributed by atoms with E-state index in [-0.39, 0.29) is 16.5 Å². The van der Waals surface area contributed by atoms with Crippen LogP contribution in [0.5, 0.6) is 17.2 Å². The number of unbranched alkanes of at least 4 members (excludes halogenated alkanes) is 1. The third-order valence-electron chi connectivity index (χ3n) is 6.97. The van der Waals surface area contributed by atoms with E-state index >= 15 is 0 Å². The van der Waals surface area contributed by atoms with Crippen LogP contribution in [0.3, 0.4) is 0 Å². The van der Waals surface area contributed by atoms with Crippen molar-refractivity contribution < 1.29 is 28.9 Å². The molecule has 0 bridgehead atoms. The highest BCUT2D eigenvalue weighted by molar-refractivity contribution is 8.00.